The van der Waals surface area contributed by atoms with E-state index in [1.54, 1.807) is 11.3 Å². The van der Waals surface area contributed by atoms with Crippen LogP contribution in [0.15, 0.2) is 89.8 Å². The number of ether oxygens (including phenoxy) is 1. The molecule has 0 unspecified atom stereocenters. The molecule has 1 aromatic heterocycles. The molecule has 4 heteroatoms. The number of rotatable bonds is 7. The fraction of sp³-hybridized carbons (Fsp3) is 0.160. The lowest BCUT2D eigenvalue weighted by Gasteiger charge is -2.29. The van der Waals surface area contributed by atoms with E-state index in [-0.39, 0.29) is 5.97 Å². The first-order valence-corrected chi connectivity index (χ1v) is 13.5. The largest absolute Gasteiger partial charge is 0.466 e. The van der Waals surface area contributed by atoms with Gasteiger partial charge in [-0.1, -0.05) is 91.1 Å². The zero-order chi connectivity index (χ0) is 20.7. The first-order chi connectivity index (χ1) is 14.0. The molecule has 0 aliphatic carbocycles. The lowest BCUT2D eigenvalue weighted by molar-refractivity contribution is -0.136. The fourth-order valence-corrected chi connectivity index (χ4v) is 7.41. The first kappa shape index (κ1) is 21.0. The quantitative estimate of drug-likeness (QED) is 0.270. The molecule has 0 aliphatic rings. The number of allylic oxidation sites excluding steroid dienone is 1. The van der Waals surface area contributed by atoms with Crippen molar-refractivity contribution in [2.24, 2.45) is 0 Å². The van der Waals surface area contributed by atoms with Gasteiger partial charge >= 0.3 is 5.97 Å². The van der Waals surface area contributed by atoms with Gasteiger partial charge in [0.15, 0.2) is 0 Å². The maximum absolute atomic E-state index is 12.9. The van der Waals surface area contributed by atoms with E-state index in [0.29, 0.717) is 6.42 Å². The Hall–Kier alpha value is -2.69. The fourth-order valence-electron chi connectivity index (χ4n) is 3.61. The maximum Gasteiger partial charge on any atom is 0.333 e. The van der Waals surface area contributed by atoms with Gasteiger partial charge in [0, 0.05) is 10.5 Å². The van der Waals surface area contributed by atoms with Crippen LogP contribution in [0.5, 0.6) is 0 Å². The normalized spacial score (nSPS) is 12.7. The Balaban J connectivity index is 2.15. The van der Waals surface area contributed by atoms with E-state index in [2.05, 4.69) is 73.1 Å². The molecular formula is C25H26O2SSi. The van der Waals surface area contributed by atoms with Crippen LogP contribution in [-0.4, -0.2) is 21.2 Å². The van der Waals surface area contributed by atoms with Crippen LogP contribution >= 0.6 is 11.3 Å². The second kappa shape index (κ2) is 9.68. The van der Waals surface area contributed by atoms with Crippen LogP contribution < -0.4 is 5.19 Å². The van der Waals surface area contributed by atoms with Crippen molar-refractivity contribution in [3.05, 3.63) is 100 Å². The van der Waals surface area contributed by atoms with Crippen LogP contribution in [0.25, 0.3) is 11.3 Å². The molecule has 3 aromatic rings. The number of methoxy groups -OCH3 is 1. The van der Waals surface area contributed by atoms with Crippen LogP contribution in [0.2, 0.25) is 13.1 Å². The van der Waals surface area contributed by atoms with E-state index in [0.717, 1.165) is 16.3 Å². The van der Waals surface area contributed by atoms with Crippen molar-refractivity contribution in [3.8, 4) is 0 Å². The Morgan fingerprint density at radius 2 is 1.62 bits per heavy atom. The molecule has 2 nitrogen and oxygen atoms in total. The summed E-state index contributed by atoms with van der Waals surface area (Å²) in [5.41, 5.74) is 1.84. The van der Waals surface area contributed by atoms with Gasteiger partial charge in [0.2, 0.25) is 0 Å². The van der Waals surface area contributed by atoms with Crippen molar-refractivity contribution in [1.29, 1.82) is 0 Å². The van der Waals surface area contributed by atoms with Gasteiger partial charge in [-0.15, -0.1) is 11.3 Å². The summed E-state index contributed by atoms with van der Waals surface area (Å²) >= 11 is 1.69. The Morgan fingerprint density at radius 1 is 0.966 bits per heavy atom. The number of esters is 1. The van der Waals surface area contributed by atoms with E-state index >= 15 is 0 Å². The topological polar surface area (TPSA) is 26.3 Å². The molecule has 1 heterocycles. The summed E-state index contributed by atoms with van der Waals surface area (Å²) in [7, 11) is -0.697. The molecule has 2 aromatic carbocycles. The van der Waals surface area contributed by atoms with Crippen LogP contribution in [0.3, 0.4) is 0 Å². The van der Waals surface area contributed by atoms with E-state index in [1.807, 2.05) is 30.3 Å². The third-order valence-electron chi connectivity index (χ3n) is 5.06. The van der Waals surface area contributed by atoms with E-state index in [4.69, 9.17) is 4.74 Å². The third-order valence-corrected chi connectivity index (χ3v) is 9.52. The highest BCUT2D eigenvalue weighted by molar-refractivity contribution is 7.10. The molecule has 3 rings (SSSR count). The molecule has 0 saturated carbocycles. The zero-order valence-electron chi connectivity index (χ0n) is 17.1. The Bertz CT molecular complexity index is 988. The van der Waals surface area contributed by atoms with Gasteiger partial charge in [-0.25, -0.2) is 4.79 Å². The Kier molecular flexibility index (Phi) is 7.02. The number of benzene rings is 2. The number of hydrogen-bond acceptors (Lipinski definition) is 3. The van der Waals surface area contributed by atoms with Crippen molar-refractivity contribution < 1.29 is 9.53 Å². The highest BCUT2D eigenvalue weighted by Gasteiger charge is 2.33. The van der Waals surface area contributed by atoms with Crippen LogP contribution in [0, 0.1) is 0 Å². The molecule has 0 atom stereocenters. The minimum atomic E-state index is -2.16. The van der Waals surface area contributed by atoms with Crippen LogP contribution in [-0.2, 0) is 9.53 Å². The molecular weight excluding hydrogens is 392 g/mol. The van der Waals surface area contributed by atoms with Gasteiger partial charge < -0.3 is 4.74 Å². The minimum absolute atomic E-state index is 0.254. The van der Waals surface area contributed by atoms with E-state index in [1.165, 1.54) is 17.2 Å². The SMILES string of the molecule is COC(=O)/C(C/C=C/c1cccs1)=C(/c1ccccc1)[Si](C)(C)c1ccccc1. The Labute approximate surface area is 178 Å². The van der Waals surface area contributed by atoms with Gasteiger partial charge in [0.05, 0.1) is 7.11 Å². The molecule has 0 aliphatic heterocycles. The van der Waals surface area contributed by atoms with E-state index in [9.17, 15) is 4.79 Å². The van der Waals surface area contributed by atoms with Crippen LogP contribution in [0.4, 0.5) is 0 Å². The maximum atomic E-state index is 12.9. The number of thiophene rings is 1. The predicted molar refractivity (Wildman–Crippen MR) is 127 cm³/mol. The van der Waals surface area contributed by atoms with Gasteiger partial charge in [-0.3, -0.25) is 0 Å². The minimum Gasteiger partial charge on any atom is -0.466 e. The van der Waals surface area contributed by atoms with Gasteiger partial charge in [0.25, 0.3) is 0 Å². The third kappa shape index (κ3) is 5.02. The number of hydrogen-bond donors (Lipinski definition) is 0. The molecule has 0 radical (unpaired) electrons. The molecule has 0 saturated heterocycles. The van der Waals surface area contributed by atoms with Crippen molar-refractivity contribution in [3.63, 3.8) is 0 Å². The standard InChI is InChI=1S/C25H26O2SSi/c1-27-25(26)23(18-10-14-21-15-11-19-28-21)24(20-12-6-4-7-13-20)29(2,3)22-16-8-5-9-17-22/h4-17,19H,18H2,1-3H3/b14-10+,24-23-. The second-order valence-electron chi connectivity index (χ2n) is 7.32. The van der Waals surface area contributed by atoms with E-state index < -0.39 is 8.07 Å². The highest BCUT2D eigenvalue weighted by Crippen LogP contribution is 2.32. The summed E-state index contributed by atoms with van der Waals surface area (Å²) in [5.74, 6) is -0.254. The summed E-state index contributed by atoms with van der Waals surface area (Å²) < 4.78 is 5.23. The predicted octanol–water partition coefficient (Wildman–Crippen LogP) is 5.93. The summed E-state index contributed by atoms with van der Waals surface area (Å²) in [4.78, 5) is 14.1. The average Bonchev–Trinajstić information content (AvgIpc) is 3.27. The lowest BCUT2D eigenvalue weighted by Crippen LogP contribution is -2.44. The summed E-state index contributed by atoms with van der Waals surface area (Å²) in [6.45, 7) is 4.60. The number of carbonyl (C=O) groups is 1. The van der Waals surface area contributed by atoms with Crippen LogP contribution in [0.1, 0.15) is 16.9 Å². The molecule has 148 valence electrons. The second-order valence-corrected chi connectivity index (χ2v) is 12.6. The first-order valence-electron chi connectivity index (χ1n) is 9.67. The van der Waals surface area contributed by atoms with Crippen molar-refractivity contribution in [2.75, 3.05) is 7.11 Å². The smallest absolute Gasteiger partial charge is 0.333 e. The Morgan fingerprint density at radius 3 is 2.21 bits per heavy atom. The van der Waals surface area contributed by atoms with Crippen molar-refractivity contribution >= 4 is 41.8 Å². The van der Waals surface area contributed by atoms with Gasteiger partial charge in [0.1, 0.15) is 8.07 Å². The van der Waals surface area contributed by atoms with Gasteiger partial charge in [-0.05, 0) is 34.7 Å². The van der Waals surface area contributed by atoms with Crippen molar-refractivity contribution in [2.45, 2.75) is 19.5 Å². The molecule has 0 bridgehead atoms. The number of carbonyl (C=O) groups excluding carboxylic acids is 1. The molecule has 0 amide bonds. The molecule has 0 N–H and O–H groups in total. The zero-order valence-corrected chi connectivity index (χ0v) is 18.9. The summed E-state index contributed by atoms with van der Waals surface area (Å²) in [6, 6.07) is 24.9. The molecule has 0 fully saturated rings. The van der Waals surface area contributed by atoms with Gasteiger partial charge in [-0.2, -0.15) is 0 Å². The monoisotopic (exact) mass is 418 g/mol. The molecule has 29 heavy (non-hydrogen) atoms. The van der Waals surface area contributed by atoms with Crippen molar-refractivity contribution in [1.82, 2.24) is 0 Å². The summed E-state index contributed by atoms with van der Waals surface area (Å²) in [5, 5.41) is 4.48. The average molecular weight is 419 g/mol. The lowest BCUT2D eigenvalue weighted by atomic mass is 10.1. The highest BCUT2D eigenvalue weighted by atomic mass is 32.1. The summed E-state index contributed by atoms with van der Waals surface area (Å²) in [6.07, 6.45) is 4.68. The molecule has 0 spiro atoms.